The monoisotopic (exact) mass is 379 g/mol. The van der Waals surface area contributed by atoms with E-state index in [0.29, 0.717) is 16.3 Å². The summed E-state index contributed by atoms with van der Waals surface area (Å²) in [5.41, 5.74) is 7.26. The van der Waals surface area contributed by atoms with Gasteiger partial charge >= 0.3 is 0 Å². The Morgan fingerprint density at radius 2 is 1.37 bits per heavy atom. The molecule has 0 aliphatic heterocycles. The minimum absolute atomic E-state index is 0.308. The fourth-order valence-corrected chi connectivity index (χ4v) is 2.62. The summed E-state index contributed by atoms with van der Waals surface area (Å²) in [5, 5.41) is 3.40. The number of benzene rings is 3. The van der Waals surface area contributed by atoms with Crippen LogP contribution in [0.4, 0.5) is 5.69 Å². The Balaban J connectivity index is 1.74. The normalized spacial score (nSPS) is 11.4. The van der Waals surface area contributed by atoms with Gasteiger partial charge in [0.25, 0.3) is 5.91 Å². The van der Waals surface area contributed by atoms with Gasteiger partial charge in [-0.3, -0.25) is 15.0 Å². The molecule has 0 radical (unpaired) electrons. The van der Waals surface area contributed by atoms with Crippen molar-refractivity contribution in [1.82, 2.24) is 10.9 Å². The Morgan fingerprint density at radius 3 is 2.00 bits per heavy atom. The predicted octanol–water partition coefficient (Wildman–Crippen LogP) is 3.95. The maximum Gasteiger partial charge on any atom is 0.265 e. The highest BCUT2D eigenvalue weighted by molar-refractivity contribution is 6.30. The van der Waals surface area contributed by atoms with Crippen molar-refractivity contribution in [3.05, 3.63) is 101 Å². The van der Waals surface area contributed by atoms with Gasteiger partial charge in [-0.25, -0.2) is 5.43 Å². The highest BCUT2D eigenvalue weighted by atomic mass is 35.5. The Bertz CT molecular complexity index is 900. The number of amides is 2. The first kappa shape index (κ1) is 18.6. The lowest BCUT2D eigenvalue weighted by Crippen LogP contribution is -2.44. The molecule has 0 saturated carbocycles. The van der Waals surface area contributed by atoms with E-state index in [1.54, 1.807) is 48.5 Å². The molecule has 6 heteroatoms. The molecule has 27 heavy (non-hydrogen) atoms. The Morgan fingerprint density at radius 1 is 0.778 bits per heavy atom. The zero-order valence-electron chi connectivity index (χ0n) is 14.4. The van der Waals surface area contributed by atoms with Crippen molar-refractivity contribution in [3.8, 4) is 0 Å². The highest BCUT2D eigenvalue weighted by Crippen LogP contribution is 2.17. The quantitative estimate of drug-likeness (QED) is 0.568. The lowest BCUT2D eigenvalue weighted by Gasteiger charge is -2.19. The van der Waals surface area contributed by atoms with Crippen molar-refractivity contribution < 1.29 is 9.59 Å². The van der Waals surface area contributed by atoms with Gasteiger partial charge in [-0.05, 0) is 42.0 Å². The van der Waals surface area contributed by atoms with Gasteiger partial charge in [0.05, 0.1) is 0 Å². The smallest absolute Gasteiger partial charge is 0.265 e. The van der Waals surface area contributed by atoms with Crippen molar-refractivity contribution in [1.29, 1.82) is 0 Å². The van der Waals surface area contributed by atoms with Gasteiger partial charge in [-0.15, -0.1) is 0 Å². The minimum Gasteiger partial charge on any atom is -0.324 e. The molecule has 3 aromatic carbocycles. The van der Waals surface area contributed by atoms with E-state index in [1.807, 2.05) is 36.4 Å². The summed E-state index contributed by atoms with van der Waals surface area (Å²) in [6.45, 7) is 0. The molecule has 2 amide bonds. The van der Waals surface area contributed by atoms with Crippen LogP contribution in [0.25, 0.3) is 0 Å². The predicted molar refractivity (Wildman–Crippen MR) is 106 cm³/mol. The number of hydrogen-bond donors (Lipinski definition) is 3. The van der Waals surface area contributed by atoms with Crippen LogP contribution in [-0.4, -0.2) is 11.8 Å². The zero-order valence-corrected chi connectivity index (χ0v) is 15.1. The summed E-state index contributed by atoms with van der Waals surface area (Å²) >= 11 is 5.88. The summed E-state index contributed by atoms with van der Waals surface area (Å²) in [6, 6.07) is 24.0. The van der Waals surface area contributed by atoms with Crippen LogP contribution in [0.2, 0.25) is 5.02 Å². The number of nitrogens with one attached hydrogen (secondary N) is 3. The van der Waals surface area contributed by atoms with Gasteiger partial charge < -0.3 is 5.32 Å². The van der Waals surface area contributed by atoms with Crippen molar-refractivity contribution in [3.63, 3.8) is 0 Å². The summed E-state index contributed by atoms with van der Waals surface area (Å²) in [6.07, 6.45) is 0. The van der Waals surface area contributed by atoms with Crippen LogP contribution in [0, 0.1) is 0 Å². The van der Waals surface area contributed by atoms with E-state index in [0.717, 1.165) is 5.56 Å². The third-order valence-corrected chi connectivity index (χ3v) is 4.12. The molecule has 5 nitrogen and oxygen atoms in total. The first-order valence-electron chi connectivity index (χ1n) is 8.36. The molecule has 1 atom stereocenters. The van der Waals surface area contributed by atoms with Gasteiger partial charge in [0.1, 0.15) is 6.04 Å². The Kier molecular flexibility index (Phi) is 6.20. The lowest BCUT2D eigenvalue weighted by molar-refractivity contribution is -0.118. The lowest BCUT2D eigenvalue weighted by atomic mass is 10.1. The first-order valence-corrected chi connectivity index (χ1v) is 8.73. The van der Waals surface area contributed by atoms with Crippen LogP contribution in [-0.2, 0) is 4.79 Å². The number of hydrazine groups is 1. The molecule has 136 valence electrons. The van der Waals surface area contributed by atoms with E-state index in [2.05, 4.69) is 16.2 Å². The molecule has 0 heterocycles. The molecular weight excluding hydrogens is 362 g/mol. The van der Waals surface area contributed by atoms with Crippen molar-refractivity contribution in [2.75, 3.05) is 5.32 Å². The summed E-state index contributed by atoms with van der Waals surface area (Å²) in [4.78, 5) is 25.1. The van der Waals surface area contributed by atoms with Crippen LogP contribution in [0.15, 0.2) is 84.9 Å². The fraction of sp³-hybridized carbons (Fsp3) is 0.0476. The van der Waals surface area contributed by atoms with Gasteiger partial charge in [-0.1, -0.05) is 60.1 Å². The summed E-state index contributed by atoms with van der Waals surface area (Å²) < 4.78 is 0. The summed E-state index contributed by atoms with van der Waals surface area (Å²) in [5.74, 6) is -0.632. The van der Waals surface area contributed by atoms with Crippen LogP contribution in [0.5, 0.6) is 0 Å². The second kappa shape index (κ2) is 8.98. The molecule has 0 unspecified atom stereocenters. The molecule has 0 spiro atoms. The van der Waals surface area contributed by atoms with Gasteiger partial charge in [-0.2, -0.15) is 0 Å². The van der Waals surface area contributed by atoms with E-state index in [1.165, 1.54) is 0 Å². The Hall–Kier alpha value is -3.15. The van der Waals surface area contributed by atoms with Gasteiger partial charge in [0, 0.05) is 16.3 Å². The maximum absolute atomic E-state index is 12.8. The second-order valence-corrected chi connectivity index (χ2v) is 6.24. The van der Waals surface area contributed by atoms with Gasteiger partial charge in [0.15, 0.2) is 0 Å². The maximum atomic E-state index is 12.8. The molecular formula is C21H18ClN3O2. The van der Waals surface area contributed by atoms with Crippen LogP contribution in [0.1, 0.15) is 22.0 Å². The highest BCUT2D eigenvalue weighted by Gasteiger charge is 2.21. The molecule has 0 fully saturated rings. The largest absolute Gasteiger partial charge is 0.324 e. The second-order valence-electron chi connectivity index (χ2n) is 5.80. The molecule has 3 N–H and O–H groups in total. The van der Waals surface area contributed by atoms with Crippen LogP contribution in [0.3, 0.4) is 0 Å². The molecule has 0 aliphatic rings. The van der Waals surface area contributed by atoms with Crippen molar-refractivity contribution in [2.24, 2.45) is 0 Å². The standard InChI is InChI=1S/C21H18ClN3O2/c22-17-11-13-18(14-12-17)23-21(27)19(15-7-3-1-4-8-15)24-25-20(26)16-9-5-2-6-10-16/h1-14,19,24H,(H,23,27)(H,25,26)/t19-/m1/s1. The third-order valence-electron chi connectivity index (χ3n) is 3.87. The van der Waals surface area contributed by atoms with Crippen LogP contribution < -0.4 is 16.2 Å². The number of anilines is 1. The topological polar surface area (TPSA) is 70.2 Å². The van der Waals surface area contributed by atoms with E-state index >= 15 is 0 Å². The number of carbonyl (C=O) groups excluding carboxylic acids is 2. The molecule has 3 aromatic rings. The van der Waals surface area contributed by atoms with E-state index in [-0.39, 0.29) is 11.8 Å². The van der Waals surface area contributed by atoms with Crippen molar-refractivity contribution >= 4 is 29.1 Å². The number of hydrogen-bond acceptors (Lipinski definition) is 3. The number of rotatable bonds is 6. The van der Waals surface area contributed by atoms with E-state index in [4.69, 9.17) is 11.6 Å². The van der Waals surface area contributed by atoms with Crippen molar-refractivity contribution in [2.45, 2.75) is 6.04 Å². The number of carbonyl (C=O) groups is 2. The first-order chi connectivity index (χ1) is 13.1. The number of halogens is 1. The zero-order chi connectivity index (χ0) is 19.1. The molecule has 0 aliphatic carbocycles. The average molecular weight is 380 g/mol. The van der Waals surface area contributed by atoms with Crippen LogP contribution >= 0.6 is 11.6 Å². The molecule has 0 saturated heterocycles. The van der Waals surface area contributed by atoms with E-state index in [9.17, 15) is 9.59 Å². The van der Waals surface area contributed by atoms with Gasteiger partial charge in [0.2, 0.25) is 5.91 Å². The van der Waals surface area contributed by atoms with E-state index < -0.39 is 6.04 Å². The third kappa shape index (κ3) is 5.17. The average Bonchev–Trinajstić information content (AvgIpc) is 2.71. The molecule has 0 aromatic heterocycles. The summed E-state index contributed by atoms with van der Waals surface area (Å²) in [7, 11) is 0. The molecule has 3 rings (SSSR count). The Labute approximate surface area is 162 Å². The SMILES string of the molecule is O=C(NN[C@@H](C(=O)Nc1ccc(Cl)cc1)c1ccccc1)c1ccccc1. The molecule has 0 bridgehead atoms. The fourth-order valence-electron chi connectivity index (χ4n) is 2.49. The minimum atomic E-state index is -0.769.